The van der Waals surface area contributed by atoms with Gasteiger partial charge in [-0.25, -0.2) is 0 Å². The summed E-state index contributed by atoms with van der Waals surface area (Å²) in [6.07, 6.45) is 3.26. The van der Waals surface area contributed by atoms with Crippen LogP contribution in [0.3, 0.4) is 0 Å². The maximum Gasteiger partial charge on any atom is 0.306 e. The molecule has 1 saturated carbocycles. The molecule has 0 bridgehead atoms. The summed E-state index contributed by atoms with van der Waals surface area (Å²) in [6, 6.07) is 4.49. The van der Waals surface area contributed by atoms with Gasteiger partial charge in [0.05, 0.1) is 17.0 Å². The molecule has 0 aromatic heterocycles. The van der Waals surface area contributed by atoms with Gasteiger partial charge in [0.15, 0.2) is 0 Å². The fraction of sp³-hybridized carbons (Fsp3) is 0.524. The van der Waals surface area contributed by atoms with Gasteiger partial charge >= 0.3 is 5.97 Å². The monoisotopic (exact) mass is 386 g/mol. The Morgan fingerprint density at radius 2 is 1.75 bits per heavy atom. The molecule has 0 saturated heterocycles. The van der Waals surface area contributed by atoms with Crippen LogP contribution >= 0.6 is 0 Å². The zero-order chi connectivity index (χ0) is 20.6. The van der Waals surface area contributed by atoms with E-state index in [9.17, 15) is 24.3 Å². The number of imide groups is 1. The minimum absolute atomic E-state index is 0.0933. The maximum atomic E-state index is 12.7. The van der Waals surface area contributed by atoms with E-state index in [2.05, 4.69) is 5.32 Å². The van der Waals surface area contributed by atoms with E-state index in [1.807, 2.05) is 0 Å². The van der Waals surface area contributed by atoms with Crippen molar-refractivity contribution in [2.45, 2.75) is 52.0 Å². The Morgan fingerprint density at radius 3 is 2.39 bits per heavy atom. The van der Waals surface area contributed by atoms with Gasteiger partial charge in [0.2, 0.25) is 0 Å². The first-order chi connectivity index (χ1) is 13.1. The van der Waals surface area contributed by atoms with Crippen LogP contribution in [0.5, 0.6) is 0 Å². The zero-order valence-electron chi connectivity index (χ0n) is 16.4. The molecular formula is C21H26N2O5. The minimum atomic E-state index is -0.817. The molecule has 0 unspecified atom stereocenters. The summed E-state index contributed by atoms with van der Waals surface area (Å²) in [7, 11) is 0. The molecule has 1 aromatic rings. The summed E-state index contributed by atoms with van der Waals surface area (Å²) in [4.78, 5) is 50.3. The molecule has 2 aliphatic rings. The fourth-order valence-corrected chi connectivity index (χ4v) is 4.09. The van der Waals surface area contributed by atoms with Crippen LogP contribution in [-0.2, 0) is 4.79 Å². The lowest BCUT2D eigenvalue weighted by atomic mass is 9.79. The number of hydrogen-bond donors (Lipinski definition) is 2. The third-order valence-corrected chi connectivity index (χ3v) is 5.57. The van der Waals surface area contributed by atoms with Gasteiger partial charge in [-0.05, 0) is 57.7 Å². The van der Waals surface area contributed by atoms with Crippen LogP contribution in [0.1, 0.15) is 77.5 Å². The second-order valence-corrected chi connectivity index (χ2v) is 8.58. The molecule has 2 atom stereocenters. The van der Waals surface area contributed by atoms with E-state index >= 15 is 0 Å². The van der Waals surface area contributed by atoms with E-state index in [1.165, 1.54) is 23.1 Å². The van der Waals surface area contributed by atoms with Gasteiger partial charge in [0.25, 0.3) is 17.7 Å². The number of nitrogens with zero attached hydrogens (tertiary/aromatic N) is 1. The van der Waals surface area contributed by atoms with Crippen LogP contribution in [0.25, 0.3) is 0 Å². The number of aliphatic carboxylic acids is 1. The van der Waals surface area contributed by atoms with E-state index in [1.54, 1.807) is 20.8 Å². The lowest BCUT2D eigenvalue weighted by molar-refractivity contribution is -0.144. The SMILES string of the molecule is CC(C)(C)N1C(=O)c2ccc(C(=O)NC[C@@H]3CCCC[C@@H]3C(=O)O)cc2C1=O. The van der Waals surface area contributed by atoms with Gasteiger partial charge in [-0.3, -0.25) is 24.1 Å². The molecule has 3 amide bonds. The van der Waals surface area contributed by atoms with Gasteiger partial charge in [-0.2, -0.15) is 0 Å². The Kier molecular flexibility index (Phi) is 5.28. The summed E-state index contributed by atoms with van der Waals surface area (Å²) in [5.41, 5.74) is 0.171. The first-order valence-corrected chi connectivity index (χ1v) is 9.65. The average molecular weight is 386 g/mol. The Labute approximate surface area is 164 Å². The minimum Gasteiger partial charge on any atom is -0.481 e. The van der Waals surface area contributed by atoms with E-state index in [0.717, 1.165) is 19.3 Å². The van der Waals surface area contributed by atoms with Crippen molar-refractivity contribution in [1.82, 2.24) is 10.2 Å². The number of carbonyl (C=O) groups is 4. The fourth-order valence-electron chi connectivity index (χ4n) is 4.09. The quantitative estimate of drug-likeness (QED) is 0.775. The summed E-state index contributed by atoms with van der Waals surface area (Å²) in [5, 5.41) is 12.2. The predicted molar refractivity (Wildman–Crippen MR) is 102 cm³/mol. The van der Waals surface area contributed by atoms with Crippen molar-refractivity contribution >= 4 is 23.7 Å². The van der Waals surface area contributed by atoms with Gasteiger partial charge in [0.1, 0.15) is 0 Å². The second kappa shape index (κ2) is 7.37. The first-order valence-electron chi connectivity index (χ1n) is 9.65. The highest BCUT2D eigenvalue weighted by molar-refractivity contribution is 6.22. The topological polar surface area (TPSA) is 104 Å². The molecule has 2 N–H and O–H groups in total. The Hall–Kier alpha value is -2.70. The molecule has 150 valence electrons. The number of hydrogen-bond acceptors (Lipinski definition) is 4. The summed E-state index contributed by atoms with van der Waals surface area (Å²) >= 11 is 0. The molecule has 3 rings (SSSR count). The molecular weight excluding hydrogens is 360 g/mol. The summed E-state index contributed by atoms with van der Waals surface area (Å²) in [6.45, 7) is 5.63. The van der Waals surface area contributed by atoms with Crippen LogP contribution in [0.2, 0.25) is 0 Å². The molecule has 1 aliphatic carbocycles. The molecule has 7 nitrogen and oxygen atoms in total. The molecule has 1 aliphatic heterocycles. The van der Waals surface area contributed by atoms with E-state index in [4.69, 9.17) is 0 Å². The third-order valence-electron chi connectivity index (χ3n) is 5.57. The molecule has 7 heteroatoms. The number of carbonyl (C=O) groups excluding carboxylic acids is 3. The van der Waals surface area contributed by atoms with Crippen LogP contribution in [-0.4, -0.2) is 45.8 Å². The molecule has 28 heavy (non-hydrogen) atoms. The normalized spacial score (nSPS) is 22.2. The number of fused-ring (bicyclic) bond motifs is 1. The van der Waals surface area contributed by atoms with Crippen LogP contribution in [0, 0.1) is 11.8 Å². The van der Waals surface area contributed by atoms with E-state index in [-0.39, 0.29) is 29.8 Å². The number of carboxylic acids is 1. The lowest BCUT2D eigenvalue weighted by Crippen LogP contribution is -2.45. The van der Waals surface area contributed by atoms with Gasteiger partial charge in [-0.15, -0.1) is 0 Å². The van der Waals surface area contributed by atoms with E-state index in [0.29, 0.717) is 17.5 Å². The largest absolute Gasteiger partial charge is 0.481 e. The third kappa shape index (κ3) is 3.66. The van der Waals surface area contributed by atoms with Crippen molar-refractivity contribution in [3.63, 3.8) is 0 Å². The second-order valence-electron chi connectivity index (χ2n) is 8.58. The molecule has 0 radical (unpaired) electrons. The number of nitrogens with one attached hydrogen (secondary N) is 1. The summed E-state index contributed by atoms with van der Waals surface area (Å²) in [5.74, 6) is -2.47. The van der Waals surface area contributed by atoms with E-state index < -0.39 is 23.3 Å². The first kappa shape index (κ1) is 20.0. The molecule has 1 fully saturated rings. The van der Waals surface area contributed by atoms with Crippen molar-refractivity contribution < 1.29 is 24.3 Å². The number of amides is 3. The van der Waals surface area contributed by atoms with Crippen molar-refractivity contribution in [2.75, 3.05) is 6.54 Å². The summed E-state index contributed by atoms with van der Waals surface area (Å²) < 4.78 is 0. The van der Waals surface area contributed by atoms with Crippen molar-refractivity contribution in [3.8, 4) is 0 Å². The lowest BCUT2D eigenvalue weighted by Gasteiger charge is -2.29. The van der Waals surface area contributed by atoms with Gasteiger partial charge in [0, 0.05) is 17.6 Å². The molecule has 1 aromatic carbocycles. The van der Waals surface area contributed by atoms with Gasteiger partial charge in [-0.1, -0.05) is 12.8 Å². The van der Waals surface area contributed by atoms with Crippen LogP contribution in [0.15, 0.2) is 18.2 Å². The molecule has 1 heterocycles. The Balaban J connectivity index is 1.73. The Bertz CT molecular complexity index is 840. The maximum absolute atomic E-state index is 12.7. The highest BCUT2D eigenvalue weighted by atomic mass is 16.4. The number of benzene rings is 1. The molecule has 0 spiro atoms. The highest BCUT2D eigenvalue weighted by Gasteiger charge is 2.42. The standard InChI is InChI=1S/C21H26N2O5/c1-21(2,3)23-18(25)15-9-8-12(10-16(15)19(23)26)17(24)22-11-13-6-4-5-7-14(13)20(27)28/h8-10,13-14H,4-7,11H2,1-3H3,(H,22,24)(H,27,28)/t13-,14-/m0/s1. The van der Waals surface area contributed by atoms with Crippen molar-refractivity contribution in [2.24, 2.45) is 11.8 Å². The smallest absolute Gasteiger partial charge is 0.306 e. The highest BCUT2D eigenvalue weighted by Crippen LogP contribution is 2.31. The average Bonchev–Trinajstić information content (AvgIpc) is 2.90. The van der Waals surface area contributed by atoms with Crippen LogP contribution in [0.4, 0.5) is 0 Å². The Morgan fingerprint density at radius 1 is 1.11 bits per heavy atom. The predicted octanol–water partition coefficient (Wildman–Crippen LogP) is 2.70. The van der Waals surface area contributed by atoms with Crippen molar-refractivity contribution in [3.05, 3.63) is 34.9 Å². The van der Waals surface area contributed by atoms with Crippen LogP contribution < -0.4 is 5.32 Å². The number of rotatable bonds is 4. The number of carboxylic acid groups (broad SMARTS) is 1. The van der Waals surface area contributed by atoms with Crippen molar-refractivity contribution in [1.29, 1.82) is 0 Å². The zero-order valence-corrected chi connectivity index (χ0v) is 16.4. The van der Waals surface area contributed by atoms with Gasteiger partial charge < -0.3 is 10.4 Å².